The van der Waals surface area contributed by atoms with E-state index in [9.17, 15) is 14.7 Å². The van der Waals surface area contributed by atoms with Crippen molar-refractivity contribution in [3.05, 3.63) is 65.9 Å². The zero-order valence-electron chi connectivity index (χ0n) is 17.6. The van der Waals surface area contributed by atoms with Gasteiger partial charge in [-0.3, -0.25) is 15.0 Å². The van der Waals surface area contributed by atoms with Crippen molar-refractivity contribution in [2.45, 2.75) is 32.1 Å². The molecule has 0 fully saturated rings. The standard InChI is InChI=1S/C23H25N5O3S/c1-2-18-21(32-23(27-18)28-22(24)25)15-9-6-10-17(11-15)26-19(29)12-16(13-20(30)31)14-7-4-3-5-8-14/h3-11,16H,2,12-13H2,1H3,(H,26,29)(H,30,31)(H4,24,25,27,28). The molecule has 1 atom stereocenters. The molecule has 1 heterocycles. The van der Waals surface area contributed by atoms with Crippen molar-refractivity contribution in [3.8, 4) is 10.4 Å². The number of thiazole rings is 1. The van der Waals surface area contributed by atoms with Crippen LogP contribution in [0.5, 0.6) is 0 Å². The molecule has 0 aliphatic heterocycles. The summed E-state index contributed by atoms with van der Waals surface area (Å²) in [4.78, 5) is 29.4. The molecule has 1 aromatic heterocycles. The number of aryl methyl sites for hydroxylation is 1. The minimum Gasteiger partial charge on any atom is -0.481 e. The molecule has 0 saturated heterocycles. The first-order valence-corrected chi connectivity index (χ1v) is 10.9. The Morgan fingerprint density at radius 2 is 1.88 bits per heavy atom. The zero-order chi connectivity index (χ0) is 23.1. The Kier molecular flexibility index (Phi) is 7.56. The van der Waals surface area contributed by atoms with Crippen molar-refractivity contribution >= 4 is 40.0 Å². The number of carboxylic acid groups (broad SMARTS) is 1. The molecule has 9 heteroatoms. The minimum absolute atomic E-state index is 0.0635. The molecule has 166 valence electrons. The number of rotatable bonds is 9. The maximum atomic E-state index is 12.7. The van der Waals surface area contributed by atoms with E-state index in [0.29, 0.717) is 17.2 Å². The fourth-order valence-corrected chi connectivity index (χ4v) is 4.47. The van der Waals surface area contributed by atoms with Crippen molar-refractivity contribution in [1.82, 2.24) is 4.98 Å². The van der Waals surface area contributed by atoms with Gasteiger partial charge in [0.15, 0.2) is 11.1 Å². The van der Waals surface area contributed by atoms with Crippen LogP contribution in [-0.4, -0.2) is 27.9 Å². The monoisotopic (exact) mass is 451 g/mol. The summed E-state index contributed by atoms with van der Waals surface area (Å²) in [5.41, 5.74) is 8.60. The summed E-state index contributed by atoms with van der Waals surface area (Å²) in [6.07, 6.45) is 0.647. The molecule has 1 amide bonds. The first kappa shape index (κ1) is 23.0. The average Bonchev–Trinajstić information content (AvgIpc) is 3.16. The van der Waals surface area contributed by atoms with E-state index in [-0.39, 0.29) is 24.7 Å². The number of carbonyl (C=O) groups is 2. The van der Waals surface area contributed by atoms with Crippen LogP contribution in [0.2, 0.25) is 0 Å². The fraction of sp³-hybridized carbons (Fsp3) is 0.217. The Labute approximate surface area is 190 Å². The maximum Gasteiger partial charge on any atom is 0.303 e. The first-order valence-electron chi connectivity index (χ1n) is 10.1. The van der Waals surface area contributed by atoms with E-state index in [1.165, 1.54) is 11.3 Å². The third-order valence-electron chi connectivity index (χ3n) is 4.81. The SMILES string of the molecule is CCc1nc(NC(=N)N)sc1-c1cccc(NC(=O)CC(CC(=O)O)c2ccccc2)c1. The molecule has 1 unspecified atom stereocenters. The normalized spacial score (nSPS) is 11.5. The fourth-order valence-electron chi connectivity index (χ4n) is 3.40. The molecule has 8 nitrogen and oxygen atoms in total. The van der Waals surface area contributed by atoms with Gasteiger partial charge in [-0.2, -0.15) is 0 Å². The van der Waals surface area contributed by atoms with E-state index >= 15 is 0 Å². The van der Waals surface area contributed by atoms with Gasteiger partial charge >= 0.3 is 5.97 Å². The molecule has 0 spiro atoms. The lowest BCUT2D eigenvalue weighted by Gasteiger charge is -2.15. The van der Waals surface area contributed by atoms with Crippen LogP contribution >= 0.6 is 11.3 Å². The number of aliphatic carboxylic acids is 1. The third-order valence-corrected chi connectivity index (χ3v) is 5.87. The van der Waals surface area contributed by atoms with Gasteiger partial charge in [-0.05, 0) is 29.7 Å². The zero-order valence-corrected chi connectivity index (χ0v) is 18.4. The lowest BCUT2D eigenvalue weighted by Crippen LogP contribution is -2.20. The smallest absolute Gasteiger partial charge is 0.303 e. The van der Waals surface area contributed by atoms with Gasteiger partial charge in [0, 0.05) is 18.0 Å². The number of hydrogen-bond acceptors (Lipinski definition) is 5. The van der Waals surface area contributed by atoms with E-state index in [1.807, 2.05) is 55.5 Å². The largest absolute Gasteiger partial charge is 0.481 e. The van der Waals surface area contributed by atoms with E-state index < -0.39 is 11.9 Å². The van der Waals surface area contributed by atoms with Crippen LogP contribution in [-0.2, 0) is 16.0 Å². The van der Waals surface area contributed by atoms with Crippen LogP contribution in [0.25, 0.3) is 10.4 Å². The summed E-state index contributed by atoms with van der Waals surface area (Å²) in [5.74, 6) is -1.79. The molecule has 32 heavy (non-hydrogen) atoms. The van der Waals surface area contributed by atoms with Gasteiger partial charge in [-0.25, -0.2) is 4.98 Å². The summed E-state index contributed by atoms with van der Waals surface area (Å²) in [7, 11) is 0. The Morgan fingerprint density at radius 3 is 2.53 bits per heavy atom. The predicted molar refractivity (Wildman–Crippen MR) is 127 cm³/mol. The molecule has 3 aromatic rings. The van der Waals surface area contributed by atoms with Crippen molar-refractivity contribution in [1.29, 1.82) is 5.41 Å². The second kappa shape index (κ2) is 10.5. The second-order valence-electron chi connectivity index (χ2n) is 7.23. The van der Waals surface area contributed by atoms with Crippen molar-refractivity contribution in [2.75, 3.05) is 10.6 Å². The lowest BCUT2D eigenvalue weighted by molar-refractivity contribution is -0.137. The van der Waals surface area contributed by atoms with Gasteiger partial charge in [0.05, 0.1) is 17.0 Å². The maximum absolute atomic E-state index is 12.7. The molecule has 3 rings (SSSR count). The van der Waals surface area contributed by atoms with Crippen molar-refractivity contribution in [3.63, 3.8) is 0 Å². The van der Waals surface area contributed by atoms with E-state index in [4.69, 9.17) is 11.1 Å². The molecule has 6 N–H and O–H groups in total. The molecular formula is C23H25N5O3S. The highest BCUT2D eigenvalue weighted by Crippen LogP contribution is 2.34. The van der Waals surface area contributed by atoms with E-state index in [2.05, 4.69) is 15.6 Å². The number of amides is 1. The van der Waals surface area contributed by atoms with Crippen LogP contribution in [0.1, 0.15) is 36.9 Å². The molecule has 2 aromatic carbocycles. The molecule has 0 saturated carbocycles. The number of nitrogens with one attached hydrogen (secondary N) is 3. The molecule has 0 radical (unpaired) electrons. The second-order valence-corrected chi connectivity index (χ2v) is 8.22. The number of carbonyl (C=O) groups excluding carboxylic acids is 1. The Hall–Kier alpha value is -3.72. The molecule has 0 bridgehead atoms. The van der Waals surface area contributed by atoms with Crippen molar-refractivity contribution < 1.29 is 14.7 Å². The number of benzene rings is 2. The Morgan fingerprint density at radius 1 is 1.12 bits per heavy atom. The Bertz CT molecular complexity index is 1110. The van der Waals surface area contributed by atoms with Gasteiger partial charge in [-0.1, -0.05) is 60.7 Å². The highest BCUT2D eigenvalue weighted by molar-refractivity contribution is 7.19. The van der Waals surface area contributed by atoms with E-state index in [0.717, 1.165) is 21.7 Å². The van der Waals surface area contributed by atoms with Crippen LogP contribution in [0.15, 0.2) is 54.6 Å². The summed E-state index contributed by atoms with van der Waals surface area (Å²) >= 11 is 1.39. The highest BCUT2D eigenvalue weighted by Gasteiger charge is 2.20. The van der Waals surface area contributed by atoms with Gasteiger partial charge < -0.3 is 21.5 Å². The first-order chi connectivity index (χ1) is 15.4. The number of nitrogens with two attached hydrogens (primary N) is 1. The minimum atomic E-state index is -0.944. The average molecular weight is 452 g/mol. The summed E-state index contributed by atoms with van der Waals surface area (Å²) in [5, 5.41) is 22.8. The topological polar surface area (TPSA) is 141 Å². The number of carboxylic acids is 1. The van der Waals surface area contributed by atoms with Crippen LogP contribution in [0.4, 0.5) is 10.8 Å². The third kappa shape index (κ3) is 6.14. The van der Waals surface area contributed by atoms with Crippen LogP contribution in [0.3, 0.4) is 0 Å². The molecule has 0 aliphatic carbocycles. The van der Waals surface area contributed by atoms with Gasteiger partial charge in [0.25, 0.3) is 0 Å². The van der Waals surface area contributed by atoms with Crippen molar-refractivity contribution in [2.24, 2.45) is 5.73 Å². The highest BCUT2D eigenvalue weighted by atomic mass is 32.1. The molecular weight excluding hydrogens is 426 g/mol. The quantitative estimate of drug-likeness (QED) is 0.243. The number of nitrogens with zero attached hydrogens (tertiary/aromatic N) is 1. The van der Waals surface area contributed by atoms with Crippen LogP contribution in [0, 0.1) is 5.41 Å². The number of guanidine groups is 1. The number of aromatic nitrogens is 1. The van der Waals surface area contributed by atoms with Gasteiger partial charge in [0.1, 0.15) is 0 Å². The van der Waals surface area contributed by atoms with Gasteiger partial charge in [0.2, 0.25) is 5.91 Å². The predicted octanol–water partition coefficient (Wildman–Crippen LogP) is 4.26. The summed E-state index contributed by atoms with van der Waals surface area (Å²) in [6, 6.07) is 16.6. The van der Waals surface area contributed by atoms with Crippen LogP contribution < -0.4 is 16.4 Å². The summed E-state index contributed by atoms with van der Waals surface area (Å²) < 4.78 is 0. The van der Waals surface area contributed by atoms with Gasteiger partial charge in [-0.15, -0.1) is 0 Å². The number of hydrogen-bond donors (Lipinski definition) is 5. The lowest BCUT2D eigenvalue weighted by atomic mass is 9.92. The van der Waals surface area contributed by atoms with E-state index in [1.54, 1.807) is 6.07 Å². The number of anilines is 2. The molecule has 0 aliphatic rings. The Balaban J connectivity index is 1.77. The summed E-state index contributed by atoms with van der Waals surface area (Å²) in [6.45, 7) is 1.99.